The highest BCUT2D eigenvalue weighted by Gasteiger charge is 2.30. The van der Waals surface area contributed by atoms with Crippen LogP contribution in [-0.4, -0.2) is 11.0 Å². The number of aromatic nitrogens is 1. The Morgan fingerprint density at radius 1 is 1.18 bits per heavy atom. The van der Waals surface area contributed by atoms with Crippen LogP contribution in [0.3, 0.4) is 0 Å². The molecule has 3 rings (SSSR count). The lowest BCUT2D eigenvalue weighted by atomic mass is 10.1. The molecule has 0 saturated heterocycles. The van der Waals surface area contributed by atoms with E-state index in [1.807, 2.05) is 30.3 Å². The zero-order valence-corrected chi connectivity index (χ0v) is 8.96. The highest BCUT2D eigenvalue weighted by atomic mass is 16.6. The Morgan fingerprint density at radius 3 is 2.88 bits per heavy atom. The largest absolute Gasteiger partial charge is 0.434 e. The third-order valence-corrected chi connectivity index (χ3v) is 2.65. The molecule has 0 radical (unpaired) electrons. The summed E-state index contributed by atoms with van der Waals surface area (Å²) in [4.78, 5) is 15.6. The lowest BCUT2D eigenvalue weighted by molar-refractivity contribution is 0.0437. The van der Waals surface area contributed by atoms with Gasteiger partial charge >= 0.3 is 5.97 Å². The first kappa shape index (κ1) is 9.84. The van der Waals surface area contributed by atoms with Gasteiger partial charge in [0.25, 0.3) is 0 Å². The van der Waals surface area contributed by atoms with Crippen molar-refractivity contribution < 1.29 is 9.53 Å². The Hall–Kier alpha value is -2.36. The standard InChI is InChI=1S/C13H10N2O2/c16-13-11-6-2-1-5-10(11)12(17-13)15-9-4-3-7-14-8-9/h1-8,12,15H/t12-/m0/s1. The van der Waals surface area contributed by atoms with Crippen LogP contribution in [0.1, 0.15) is 22.1 Å². The summed E-state index contributed by atoms with van der Waals surface area (Å²) in [7, 11) is 0. The van der Waals surface area contributed by atoms with Gasteiger partial charge in [-0.15, -0.1) is 0 Å². The molecule has 2 aromatic rings. The van der Waals surface area contributed by atoms with Gasteiger partial charge in [0.2, 0.25) is 6.23 Å². The van der Waals surface area contributed by atoms with Crippen LogP contribution in [0.5, 0.6) is 0 Å². The molecule has 1 atom stereocenters. The molecule has 1 N–H and O–H groups in total. The second-order valence-corrected chi connectivity index (χ2v) is 3.76. The normalized spacial score (nSPS) is 17.4. The van der Waals surface area contributed by atoms with Crippen molar-refractivity contribution in [1.82, 2.24) is 4.98 Å². The summed E-state index contributed by atoms with van der Waals surface area (Å²) >= 11 is 0. The number of ether oxygens (including phenoxy) is 1. The topological polar surface area (TPSA) is 51.2 Å². The van der Waals surface area contributed by atoms with Crippen LogP contribution in [0, 0.1) is 0 Å². The highest BCUT2D eigenvalue weighted by molar-refractivity contribution is 5.94. The van der Waals surface area contributed by atoms with E-state index in [1.54, 1.807) is 18.5 Å². The van der Waals surface area contributed by atoms with Gasteiger partial charge in [0.15, 0.2) is 0 Å². The van der Waals surface area contributed by atoms with E-state index in [2.05, 4.69) is 10.3 Å². The molecule has 4 nitrogen and oxygen atoms in total. The number of benzene rings is 1. The number of nitrogens with one attached hydrogen (secondary N) is 1. The average Bonchev–Trinajstić information content (AvgIpc) is 2.69. The van der Waals surface area contributed by atoms with Crippen molar-refractivity contribution in [3.63, 3.8) is 0 Å². The zero-order valence-electron chi connectivity index (χ0n) is 8.96. The van der Waals surface area contributed by atoms with Gasteiger partial charge in [-0.1, -0.05) is 18.2 Å². The van der Waals surface area contributed by atoms with Gasteiger partial charge in [0, 0.05) is 11.8 Å². The molecule has 0 fully saturated rings. The van der Waals surface area contributed by atoms with Crippen LogP contribution >= 0.6 is 0 Å². The second kappa shape index (κ2) is 3.90. The van der Waals surface area contributed by atoms with Crippen LogP contribution in [0.4, 0.5) is 5.69 Å². The van der Waals surface area contributed by atoms with Crippen LogP contribution < -0.4 is 5.32 Å². The minimum Gasteiger partial charge on any atom is -0.434 e. The Morgan fingerprint density at radius 2 is 2.06 bits per heavy atom. The molecule has 0 saturated carbocycles. The number of rotatable bonds is 2. The molecule has 0 spiro atoms. The van der Waals surface area contributed by atoms with Gasteiger partial charge in [-0.3, -0.25) is 4.98 Å². The van der Waals surface area contributed by atoms with Crippen LogP contribution in [-0.2, 0) is 4.74 Å². The van der Waals surface area contributed by atoms with E-state index in [1.165, 1.54) is 0 Å². The zero-order chi connectivity index (χ0) is 11.7. The fraction of sp³-hybridized carbons (Fsp3) is 0.0769. The smallest absolute Gasteiger partial charge is 0.340 e. The van der Waals surface area contributed by atoms with Gasteiger partial charge < -0.3 is 10.1 Å². The Balaban J connectivity index is 1.90. The van der Waals surface area contributed by atoms with Gasteiger partial charge in [-0.05, 0) is 18.2 Å². The molecule has 17 heavy (non-hydrogen) atoms. The molecule has 1 aromatic heterocycles. The third-order valence-electron chi connectivity index (χ3n) is 2.65. The summed E-state index contributed by atoms with van der Waals surface area (Å²) in [5.41, 5.74) is 2.30. The molecule has 0 unspecified atom stereocenters. The highest BCUT2D eigenvalue weighted by Crippen LogP contribution is 2.30. The lowest BCUT2D eigenvalue weighted by Gasteiger charge is -2.13. The molecule has 1 aromatic carbocycles. The number of fused-ring (bicyclic) bond motifs is 1. The summed E-state index contributed by atoms with van der Waals surface area (Å²) in [5.74, 6) is -0.290. The first-order valence-corrected chi connectivity index (χ1v) is 5.31. The van der Waals surface area contributed by atoms with E-state index in [-0.39, 0.29) is 5.97 Å². The molecule has 4 heteroatoms. The maximum absolute atomic E-state index is 11.6. The van der Waals surface area contributed by atoms with E-state index in [4.69, 9.17) is 4.74 Å². The molecule has 0 bridgehead atoms. The van der Waals surface area contributed by atoms with Gasteiger partial charge in [-0.25, -0.2) is 4.79 Å². The van der Waals surface area contributed by atoms with Crippen LogP contribution in [0.2, 0.25) is 0 Å². The molecule has 0 amide bonds. The van der Waals surface area contributed by atoms with Gasteiger partial charge in [-0.2, -0.15) is 0 Å². The SMILES string of the molecule is O=C1O[C@H](Nc2cccnc2)c2ccccc21. The molecule has 1 aliphatic rings. The third kappa shape index (κ3) is 1.73. The summed E-state index contributed by atoms with van der Waals surface area (Å²) in [6.07, 6.45) is 2.96. The lowest BCUT2D eigenvalue weighted by Crippen LogP contribution is -2.10. The molecule has 2 heterocycles. The molecule has 1 aliphatic heterocycles. The number of pyridine rings is 1. The maximum Gasteiger partial charge on any atom is 0.340 e. The van der Waals surface area contributed by atoms with Crippen LogP contribution in [0.15, 0.2) is 48.8 Å². The van der Waals surface area contributed by atoms with Crippen molar-refractivity contribution in [3.05, 3.63) is 59.9 Å². The van der Waals surface area contributed by atoms with Crippen molar-refractivity contribution in [2.75, 3.05) is 5.32 Å². The number of carbonyl (C=O) groups excluding carboxylic acids is 1. The van der Waals surface area contributed by atoms with E-state index < -0.39 is 6.23 Å². The van der Waals surface area contributed by atoms with E-state index in [0.29, 0.717) is 5.56 Å². The van der Waals surface area contributed by atoms with Crippen molar-refractivity contribution in [1.29, 1.82) is 0 Å². The molecular weight excluding hydrogens is 216 g/mol. The monoisotopic (exact) mass is 226 g/mol. The number of hydrogen-bond donors (Lipinski definition) is 1. The molecule has 84 valence electrons. The first-order valence-electron chi connectivity index (χ1n) is 5.31. The number of hydrogen-bond acceptors (Lipinski definition) is 4. The second-order valence-electron chi connectivity index (χ2n) is 3.76. The van der Waals surface area contributed by atoms with E-state index in [9.17, 15) is 4.79 Å². The predicted molar refractivity (Wildman–Crippen MR) is 62.5 cm³/mol. The summed E-state index contributed by atoms with van der Waals surface area (Å²) in [5, 5.41) is 3.12. The Kier molecular flexibility index (Phi) is 2.26. The number of anilines is 1. The number of esters is 1. The van der Waals surface area contributed by atoms with E-state index >= 15 is 0 Å². The molecule has 0 aliphatic carbocycles. The minimum atomic E-state index is -0.428. The van der Waals surface area contributed by atoms with Crippen LogP contribution in [0.25, 0.3) is 0 Å². The maximum atomic E-state index is 11.6. The summed E-state index contributed by atoms with van der Waals surface area (Å²) < 4.78 is 5.26. The number of carbonyl (C=O) groups is 1. The Bertz CT molecular complexity index is 554. The number of cyclic esters (lactones) is 1. The van der Waals surface area contributed by atoms with Crippen molar-refractivity contribution in [2.24, 2.45) is 0 Å². The number of nitrogens with zero attached hydrogens (tertiary/aromatic N) is 1. The Labute approximate surface area is 98.3 Å². The molecular formula is C13H10N2O2. The summed E-state index contributed by atoms with van der Waals surface area (Å²) in [6, 6.07) is 11.1. The quantitative estimate of drug-likeness (QED) is 0.799. The van der Waals surface area contributed by atoms with Crippen molar-refractivity contribution >= 4 is 11.7 Å². The van der Waals surface area contributed by atoms with E-state index in [0.717, 1.165) is 11.3 Å². The fourth-order valence-corrected chi connectivity index (χ4v) is 1.85. The summed E-state index contributed by atoms with van der Waals surface area (Å²) in [6.45, 7) is 0. The average molecular weight is 226 g/mol. The predicted octanol–water partition coefficient (Wildman–Crippen LogP) is 2.36. The fourth-order valence-electron chi connectivity index (χ4n) is 1.85. The minimum absolute atomic E-state index is 0.290. The van der Waals surface area contributed by atoms with Gasteiger partial charge in [0.05, 0.1) is 17.4 Å². The van der Waals surface area contributed by atoms with Crippen molar-refractivity contribution in [2.45, 2.75) is 6.23 Å². The van der Waals surface area contributed by atoms with Gasteiger partial charge in [0.1, 0.15) is 0 Å². The van der Waals surface area contributed by atoms with Crippen molar-refractivity contribution in [3.8, 4) is 0 Å². The first-order chi connectivity index (χ1) is 8.34.